The van der Waals surface area contributed by atoms with Gasteiger partial charge in [0.25, 0.3) is 0 Å². The summed E-state index contributed by atoms with van der Waals surface area (Å²) in [6.07, 6.45) is 0. The van der Waals surface area contributed by atoms with Crippen LogP contribution >= 0.6 is 22.7 Å². The molecule has 0 aliphatic rings. The molecular weight excluding hydrogens is 262 g/mol. The number of esters is 1. The molecule has 88 valence electrons. The number of methoxy groups -OCH3 is 1. The van der Waals surface area contributed by atoms with Crippen LogP contribution in [0, 0.1) is 0 Å². The smallest absolute Gasteiger partial charge is 0.367 e. The average Bonchev–Trinajstić information content (AvgIpc) is 2.95. The fourth-order valence-corrected chi connectivity index (χ4v) is 2.92. The highest BCUT2D eigenvalue weighted by atomic mass is 32.1. The molecular formula is C10H7NO4S2. The number of carbonyl (C=O) groups excluding carboxylic acids is 1. The zero-order chi connectivity index (χ0) is 12.4. The molecule has 0 amide bonds. The van der Waals surface area contributed by atoms with E-state index in [2.05, 4.69) is 9.72 Å². The Balaban J connectivity index is 2.54. The van der Waals surface area contributed by atoms with E-state index in [0.29, 0.717) is 4.88 Å². The molecule has 0 fully saturated rings. The second kappa shape index (κ2) is 4.64. The minimum atomic E-state index is -1.15. The summed E-state index contributed by atoms with van der Waals surface area (Å²) in [6, 6.07) is 1.78. The number of hydrogen-bond donors (Lipinski definition) is 1. The standard InChI is InChI=1S/C10H7NO4S2/c1-15-10(14)8-11-6(9(12)13)7(17-8)5-2-3-16-4-5/h2-4H,1H3,(H,12,13). The molecule has 0 radical (unpaired) electrons. The number of carboxylic acid groups (broad SMARTS) is 1. The lowest BCUT2D eigenvalue weighted by Gasteiger charge is -1.92. The van der Waals surface area contributed by atoms with Gasteiger partial charge in [-0.2, -0.15) is 11.3 Å². The van der Waals surface area contributed by atoms with Crippen molar-refractivity contribution in [2.24, 2.45) is 0 Å². The van der Waals surface area contributed by atoms with E-state index >= 15 is 0 Å². The molecule has 2 rings (SSSR count). The van der Waals surface area contributed by atoms with Crippen molar-refractivity contribution in [1.82, 2.24) is 4.98 Å². The summed E-state index contributed by atoms with van der Waals surface area (Å²) >= 11 is 2.47. The highest BCUT2D eigenvalue weighted by Gasteiger charge is 2.22. The van der Waals surface area contributed by atoms with E-state index in [4.69, 9.17) is 5.11 Å². The zero-order valence-corrected chi connectivity index (χ0v) is 10.3. The SMILES string of the molecule is COC(=O)c1nc(C(=O)O)c(-c2ccsc2)s1. The van der Waals surface area contributed by atoms with Gasteiger partial charge >= 0.3 is 11.9 Å². The molecule has 0 aliphatic carbocycles. The van der Waals surface area contributed by atoms with Gasteiger partial charge in [-0.1, -0.05) is 0 Å². The molecule has 0 bridgehead atoms. The second-order valence-corrected chi connectivity index (χ2v) is 4.78. The molecule has 0 spiro atoms. The first kappa shape index (κ1) is 11.7. The van der Waals surface area contributed by atoms with Crippen LogP contribution in [0.5, 0.6) is 0 Å². The van der Waals surface area contributed by atoms with Crippen LogP contribution in [0.2, 0.25) is 0 Å². The van der Waals surface area contributed by atoms with Gasteiger partial charge in [-0.3, -0.25) is 0 Å². The van der Waals surface area contributed by atoms with Crippen molar-refractivity contribution >= 4 is 34.6 Å². The lowest BCUT2D eigenvalue weighted by molar-refractivity contribution is 0.0600. The largest absolute Gasteiger partial charge is 0.476 e. The summed E-state index contributed by atoms with van der Waals surface area (Å²) in [5.74, 6) is -1.78. The molecule has 5 nitrogen and oxygen atoms in total. The molecule has 2 heterocycles. The Bertz CT molecular complexity index is 559. The highest BCUT2D eigenvalue weighted by molar-refractivity contribution is 7.17. The Morgan fingerprint density at radius 1 is 1.47 bits per heavy atom. The highest BCUT2D eigenvalue weighted by Crippen LogP contribution is 2.32. The predicted octanol–water partition coefficient (Wildman–Crippen LogP) is 2.36. The minimum absolute atomic E-state index is 0.0473. The molecule has 0 unspecified atom stereocenters. The summed E-state index contributed by atoms with van der Waals surface area (Å²) in [6.45, 7) is 0. The summed E-state index contributed by atoms with van der Waals surface area (Å²) in [7, 11) is 1.23. The summed E-state index contributed by atoms with van der Waals surface area (Å²) < 4.78 is 4.52. The van der Waals surface area contributed by atoms with E-state index < -0.39 is 11.9 Å². The number of nitrogens with zero attached hydrogens (tertiary/aromatic N) is 1. The molecule has 0 saturated heterocycles. The van der Waals surface area contributed by atoms with Gasteiger partial charge < -0.3 is 9.84 Å². The third-order valence-electron chi connectivity index (χ3n) is 1.97. The van der Waals surface area contributed by atoms with Crippen molar-refractivity contribution in [3.05, 3.63) is 27.5 Å². The van der Waals surface area contributed by atoms with Crippen LogP contribution in [0.3, 0.4) is 0 Å². The Hall–Kier alpha value is -1.73. The van der Waals surface area contributed by atoms with E-state index in [1.807, 2.05) is 5.38 Å². The lowest BCUT2D eigenvalue weighted by Crippen LogP contribution is -2.03. The van der Waals surface area contributed by atoms with Crippen molar-refractivity contribution in [2.75, 3.05) is 7.11 Å². The Morgan fingerprint density at radius 3 is 2.76 bits per heavy atom. The topological polar surface area (TPSA) is 76.5 Å². The van der Waals surface area contributed by atoms with Gasteiger partial charge in [0, 0.05) is 5.56 Å². The van der Waals surface area contributed by atoms with E-state index in [-0.39, 0.29) is 10.7 Å². The molecule has 2 aromatic rings. The molecule has 2 aromatic heterocycles. The number of aromatic nitrogens is 1. The number of thiophene rings is 1. The zero-order valence-electron chi connectivity index (χ0n) is 8.67. The van der Waals surface area contributed by atoms with Gasteiger partial charge in [0.2, 0.25) is 5.01 Å². The van der Waals surface area contributed by atoms with Gasteiger partial charge in [-0.25, -0.2) is 14.6 Å². The lowest BCUT2D eigenvalue weighted by atomic mass is 10.2. The summed E-state index contributed by atoms with van der Waals surface area (Å²) in [4.78, 5) is 26.6. The van der Waals surface area contributed by atoms with Crippen molar-refractivity contribution in [2.45, 2.75) is 0 Å². The van der Waals surface area contributed by atoms with Crippen LogP contribution in [0.1, 0.15) is 20.3 Å². The van der Waals surface area contributed by atoms with Gasteiger partial charge in [0.15, 0.2) is 5.69 Å². The maximum absolute atomic E-state index is 11.3. The van der Waals surface area contributed by atoms with Crippen molar-refractivity contribution in [3.63, 3.8) is 0 Å². The van der Waals surface area contributed by atoms with Crippen LogP contribution in [-0.4, -0.2) is 29.1 Å². The monoisotopic (exact) mass is 269 g/mol. The first-order valence-electron chi connectivity index (χ1n) is 4.48. The third kappa shape index (κ3) is 2.20. The van der Waals surface area contributed by atoms with Crippen molar-refractivity contribution < 1.29 is 19.4 Å². The molecule has 0 aromatic carbocycles. The molecule has 0 saturated carbocycles. The quantitative estimate of drug-likeness (QED) is 0.865. The fourth-order valence-electron chi connectivity index (χ4n) is 1.23. The van der Waals surface area contributed by atoms with Crippen molar-refractivity contribution in [1.29, 1.82) is 0 Å². The van der Waals surface area contributed by atoms with E-state index in [0.717, 1.165) is 16.9 Å². The van der Waals surface area contributed by atoms with Crippen LogP contribution < -0.4 is 0 Å². The fraction of sp³-hybridized carbons (Fsp3) is 0.100. The third-order valence-corrected chi connectivity index (χ3v) is 3.74. The Kier molecular flexibility index (Phi) is 3.21. The number of aromatic carboxylic acids is 1. The normalized spacial score (nSPS) is 10.2. The molecule has 1 N–H and O–H groups in total. The maximum atomic E-state index is 11.3. The molecule has 0 aliphatic heterocycles. The van der Waals surface area contributed by atoms with E-state index in [9.17, 15) is 9.59 Å². The van der Waals surface area contributed by atoms with Gasteiger partial charge in [0.05, 0.1) is 12.0 Å². The maximum Gasteiger partial charge on any atom is 0.367 e. The first-order chi connectivity index (χ1) is 8.13. The number of ether oxygens (including phenoxy) is 1. The predicted molar refractivity (Wildman–Crippen MR) is 63.7 cm³/mol. The minimum Gasteiger partial charge on any atom is -0.476 e. The van der Waals surface area contributed by atoms with Crippen LogP contribution in [0.4, 0.5) is 0 Å². The van der Waals surface area contributed by atoms with Crippen LogP contribution in [0.15, 0.2) is 16.8 Å². The van der Waals surface area contributed by atoms with Crippen molar-refractivity contribution in [3.8, 4) is 10.4 Å². The van der Waals surface area contributed by atoms with E-state index in [1.54, 1.807) is 11.4 Å². The van der Waals surface area contributed by atoms with Crippen LogP contribution in [0.25, 0.3) is 10.4 Å². The second-order valence-electron chi connectivity index (χ2n) is 3.01. The Morgan fingerprint density at radius 2 is 2.24 bits per heavy atom. The Labute approximate surface area is 104 Å². The van der Waals surface area contributed by atoms with E-state index in [1.165, 1.54) is 18.4 Å². The average molecular weight is 269 g/mol. The summed E-state index contributed by atoms with van der Waals surface area (Å²) in [5.41, 5.74) is 0.633. The molecule has 0 atom stereocenters. The van der Waals surface area contributed by atoms with Gasteiger partial charge in [0.1, 0.15) is 0 Å². The number of rotatable bonds is 3. The molecule has 17 heavy (non-hydrogen) atoms. The van der Waals surface area contributed by atoms with Gasteiger partial charge in [-0.05, 0) is 16.8 Å². The summed E-state index contributed by atoms with van der Waals surface area (Å²) in [5, 5.41) is 12.7. The number of thiazole rings is 1. The van der Waals surface area contributed by atoms with Gasteiger partial charge in [-0.15, -0.1) is 11.3 Å². The van der Waals surface area contributed by atoms with Crippen LogP contribution in [-0.2, 0) is 4.74 Å². The number of hydrogen-bond acceptors (Lipinski definition) is 6. The number of carbonyl (C=O) groups is 2. The first-order valence-corrected chi connectivity index (χ1v) is 6.24. The molecule has 7 heteroatoms. The number of carboxylic acids is 1.